The lowest BCUT2D eigenvalue weighted by Gasteiger charge is -2.06. The van der Waals surface area contributed by atoms with Crippen LogP contribution in [-0.2, 0) is 4.74 Å². The number of methoxy groups -OCH3 is 1. The Hall–Kier alpha value is -2.01. The molecule has 17 heavy (non-hydrogen) atoms. The molecule has 0 aliphatic carbocycles. The maximum Gasteiger partial charge on any atom is 0.341 e. The molecule has 0 spiro atoms. The number of carbonyl (C=O) groups is 1. The first-order valence-electron chi connectivity index (χ1n) is 4.73. The fourth-order valence-electron chi connectivity index (χ4n) is 1.34. The third-order valence-corrected chi connectivity index (χ3v) is 2.28. The summed E-state index contributed by atoms with van der Waals surface area (Å²) in [7, 11) is 1.30. The van der Waals surface area contributed by atoms with E-state index in [-0.39, 0.29) is 10.8 Å². The van der Waals surface area contributed by atoms with Crippen LogP contribution < -0.4 is 0 Å². The summed E-state index contributed by atoms with van der Waals surface area (Å²) in [4.78, 5) is 23.3. The van der Waals surface area contributed by atoms with Crippen molar-refractivity contribution in [3.05, 3.63) is 41.6 Å². The molecule has 0 unspecified atom stereocenters. The molecule has 0 N–H and O–H groups in total. The lowest BCUT2D eigenvalue weighted by atomic mass is 10.1. The van der Waals surface area contributed by atoms with E-state index in [0.717, 1.165) is 0 Å². The van der Waals surface area contributed by atoms with Gasteiger partial charge in [-0.3, -0.25) is 4.98 Å². The Morgan fingerprint density at radius 1 is 1.41 bits per heavy atom. The molecule has 0 aliphatic rings. The van der Waals surface area contributed by atoms with E-state index >= 15 is 0 Å². The monoisotopic (exact) mass is 249 g/mol. The van der Waals surface area contributed by atoms with E-state index < -0.39 is 5.97 Å². The van der Waals surface area contributed by atoms with E-state index in [4.69, 9.17) is 11.6 Å². The summed E-state index contributed by atoms with van der Waals surface area (Å²) >= 11 is 5.72. The first kappa shape index (κ1) is 11.5. The maximum absolute atomic E-state index is 11.6. The highest BCUT2D eigenvalue weighted by atomic mass is 35.5. The van der Waals surface area contributed by atoms with E-state index in [1.54, 1.807) is 24.5 Å². The van der Waals surface area contributed by atoms with Crippen molar-refractivity contribution in [2.75, 3.05) is 7.11 Å². The van der Waals surface area contributed by atoms with Gasteiger partial charge < -0.3 is 4.74 Å². The van der Waals surface area contributed by atoms with Crippen LogP contribution in [0.4, 0.5) is 0 Å². The molecule has 86 valence electrons. The standard InChI is InChI=1S/C11H8ClN3O2/c1-17-10(16)8-6-14-11(12)15-9(8)7-3-2-4-13-5-7/h2-6H,1H3. The van der Waals surface area contributed by atoms with Crippen LogP contribution in [0, 0.1) is 0 Å². The molecule has 0 saturated carbocycles. The van der Waals surface area contributed by atoms with Gasteiger partial charge >= 0.3 is 5.97 Å². The molecular formula is C11H8ClN3O2. The zero-order chi connectivity index (χ0) is 12.3. The summed E-state index contributed by atoms with van der Waals surface area (Å²) in [6, 6.07) is 3.52. The zero-order valence-electron chi connectivity index (χ0n) is 8.92. The number of halogens is 1. The van der Waals surface area contributed by atoms with Gasteiger partial charge in [-0.15, -0.1) is 0 Å². The Kier molecular flexibility index (Phi) is 3.30. The summed E-state index contributed by atoms with van der Waals surface area (Å²) in [5.74, 6) is -0.513. The SMILES string of the molecule is COC(=O)c1cnc(Cl)nc1-c1cccnc1. The van der Waals surface area contributed by atoms with E-state index in [1.165, 1.54) is 13.3 Å². The topological polar surface area (TPSA) is 65.0 Å². The third-order valence-electron chi connectivity index (χ3n) is 2.10. The van der Waals surface area contributed by atoms with E-state index in [1.807, 2.05) is 0 Å². The molecule has 0 aliphatic heterocycles. The van der Waals surface area contributed by atoms with Crippen LogP contribution in [0.5, 0.6) is 0 Å². The number of esters is 1. The van der Waals surface area contributed by atoms with Crippen molar-refractivity contribution in [3.63, 3.8) is 0 Å². The summed E-state index contributed by atoms with van der Waals surface area (Å²) in [5.41, 5.74) is 1.34. The number of ether oxygens (including phenoxy) is 1. The Labute approximate surface area is 102 Å². The normalized spacial score (nSPS) is 10.0. The highest BCUT2D eigenvalue weighted by Crippen LogP contribution is 2.21. The Morgan fingerprint density at radius 2 is 2.24 bits per heavy atom. The number of aromatic nitrogens is 3. The van der Waals surface area contributed by atoms with Gasteiger partial charge in [0.2, 0.25) is 5.28 Å². The average molecular weight is 250 g/mol. The van der Waals surface area contributed by atoms with Gasteiger partial charge in [0.25, 0.3) is 0 Å². The largest absolute Gasteiger partial charge is 0.465 e. The lowest BCUT2D eigenvalue weighted by molar-refractivity contribution is 0.0600. The van der Waals surface area contributed by atoms with Gasteiger partial charge in [-0.05, 0) is 23.7 Å². The molecule has 0 atom stereocenters. The van der Waals surface area contributed by atoms with Gasteiger partial charge in [0.15, 0.2) is 0 Å². The summed E-state index contributed by atoms with van der Waals surface area (Å²) in [6.45, 7) is 0. The van der Waals surface area contributed by atoms with Crippen molar-refractivity contribution in [2.45, 2.75) is 0 Å². The van der Waals surface area contributed by atoms with Crippen molar-refractivity contribution in [2.24, 2.45) is 0 Å². The number of hydrogen-bond donors (Lipinski definition) is 0. The number of nitrogens with zero attached hydrogens (tertiary/aromatic N) is 3. The first-order chi connectivity index (χ1) is 8.22. The number of pyridine rings is 1. The summed E-state index contributed by atoms with van der Waals surface area (Å²) in [5, 5.41) is 0.0662. The Morgan fingerprint density at radius 3 is 2.88 bits per heavy atom. The number of carbonyl (C=O) groups excluding carboxylic acids is 1. The highest BCUT2D eigenvalue weighted by molar-refractivity contribution is 6.28. The van der Waals surface area contributed by atoms with E-state index in [9.17, 15) is 4.79 Å². The van der Waals surface area contributed by atoms with Gasteiger partial charge in [0, 0.05) is 24.2 Å². The highest BCUT2D eigenvalue weighted by Gasteiger charge is 2.16. The van der Waals surface area contributed by atoms with Gasteiger partial charge in [0.1, 0.15) is 5.56 Å². The molecule has 0 amide bonds. The predicted octanol–water partition coefficient (Wildman–Crippen LogP) is 1.98. The molecule has 2 aromatic rings. The molecular weight excluding hydrogens is 242 g/mol. The van der Waals surface area contributed by atoms with Crippen LogP contribution >= 0.6 is 11.6 Å². The maximum atomic E-state index is 11.6. The molecule has 2 heterocycles. The first-order valence-corrected chi connectivity index (χ1v) is 5.11. The molecule has 2 rings (SSSR count). The molecule has 0 saturated heterocycles. The van der Waals surface area contributed by atoms with Crippen LogP contribution in [0.3, 0.4) is 0 Å². The fourth-order valence-corrected chi connectivity index (χ4v) is 1.48. The molecule has 0 radical (unpaired) electrons. The van der Waals surface area contributed by atoms with Crippen molar-refractivity contribution < 1.29 is 9.53 Å². The second kappa shape index (κ2) is 4.88. The predicted molar refractivity (Wildman–Crippen MR) is 61.6 cm³/mol. The molecule has 0 aromatic carbocycles. The van der Waals surface area contributed by atoms with Gasteiger partial charge in [0.05, 0.1) is 12.8 Å². The quantitative estimate of drug-likeness (QED) is 0.601. The molecule has 0 fully saturated rings. The van der Waals surface area contributed by atoms with Gasteiger partial charge in [-0.2, -0.15) is 0 Å². The van der Waals surface area contributed by atoms with Gasteiger partial charge in [-0.25, -0.2) is 14.8 Å². The number of rotatable bonds is 2. The van der Waals surface area contributed by atoms with Crippen molar-refractivity contribution >= 4 is 17.6 Å². The second-order valence-electron chi connectivity index (χ2n) is 3.13. The Bertz CT molecular complexity index is 546. The smallest absolute Gasteiger partial charge is 0.341 e. The minimum atomic E-state index is -0.513. The van der Waals surface area contributed by atoms with Crippen LogP contribution in [0.15, 0.2) is 30.7 Å². The molecule has 2 aromatic heterocycles. The summed E-state index contributed by atoms with van der Waals surface area (Å²) < 4.78 is 4.66. The lowest BCUT2D eigenvalue weighted by Crippen LogP contribution is -2.06. The van der Waals surface area contributed by atoms with Crippen molar-refractivity contribution in [3.8, 4) is 11.3 Å². The minimum Gasteiger partial charge on any atom is -0.465 e. The zero-order valence-corrected chi connectivity index (χ0v) is 9.68. The average Bonchev–Trinajstić information content (AvgIpc) is 2.39. The van der Waals surface area contributed by atoms with Crippen molar-refractivity contribution in [1.29, 1.82) is 0 Å². The second-order valence-corrected chi connectivity index (χ2v) is 3.47. The van der Waals surface area contributed by atoms with Crippen LogP contribution in [0.2, 0.25) is 5.28 Å². The summed E-state index contributed by atoms with van der Waals surface area (Å²) in [6.07, 6.45) is 4.55. The van der Waals surface area contributed by atoms with Crippen LogP contribution in [0.25, 0.3) is 11.3 Å². The molecule has 5 nitrogen and oxygen atoms in total. The van der Waals surface area contributed by atoms with Crippen LogP contribution in [-0.4, -0.2) is 28.0 Å². The van der Waals surface area contributed by atoms with Crippen LogP contribution in [0.1, 0.15) is 10.4 Å². The third kappa shape index (κ3) is 2.39. The minimum absolute atomic E-state index is 0.0662. The van der Waals surface area contributed by atoms with Gasteiger partial charge in [-0.1, -0.05) is 0 Å². The molecule has 6 heteroatoms. The van der Waals surface area contributed by atoms with Crippen molar-refractivity contribution in [1.82, 2.24) is 15.0 Å². The Balaban J connectivity index is 2.59. The van der Waals surface area contributed by atoms with E-state index in [0.29, 0.717) is 11.3 Å². The molecule has 0 bridgehead atoms. The fraction of sp³-hybridized carbons (Fsp3) is 0.0909. The number of hydrogen-bond acceptors (Lipinski definition) is 5. The van der Waals surface area contributed by atoms with E-state index in [2.05, 4.69) is 19.7 Å².